The van der Waals surface area contributed by atoms with Crippen LogP contribution in [0.5, 0.6) is 0 Å². The molecule has 6 unspecified atom stereocenters. The maximum atomic E-state index is 13.3. The molecule has 1 aliphatic rings. The van der Waals surface area contributed by atoms with Crippen molar-refractivity contribution in [3.63, 3.8) is 0 Å². The Bertz CT molecular complexity index is 3200. The zero-order valence-electron chi connectivity index (χ0n) is 81.8. The van der Waals surface area contributed by atoms with Crippen molar-refractivity contribution in [3.8, 4) is 0 Å². The van der Waals surface area contributed by atoms with E-state index in [-0.39, 0.29) is 120 Å². The summed E-state index contributed by atoms with van der Waals surface area (Å²) in [6.07, 6.45) is 16.9. The second kappa shape index (κ2) is 46.9. The third-order valence-corrected chi connectivity index (χ3v) is 20.3. The first kappa shape index (κ1) is 112. The minimum Gasteiger partial charge on any atom is -0.352 e. The van der Waals surface area contributed by atoms with Crippen LogP contribution in [0.4, 0.5) is 4.79 Å². The molecule has 0 radical (unpaired) electrons. The molecule has 2 aromatic heterocycles. The highest BCUT2D eigenvalue weighted by Crippen LogP contribution is 2.43. The zero-order chi connectivity index (χ0) is 90.6. The number of nitrogens with zero attached hydrogens (tertiary/aromatic N) is 6. The molecular weight excluding hydrogens is 1430 g/mol. The average molecular weight is 1610 g/mol. The topological polar surface area (TPSA) is 281 Å². The number of nitrogens with two attached hydrogens (primary N) is 2. The van der Waals surface area contributed by atoms with Crippen LogP contribution in [-0.4, -0.2) is 113 Å². The first-order valence-corrected chi connectivity index (χ1v) is 43.6. The second-order valence-corrected chi connectivity index (χ2v) is 46.7. The van der Waals surface area contributed by atoms with Crippen LogP contribution in [0, 0.1) is 73.9 Å². The Labute approximate surface area is 705 Å². The normalized spacial score (nSPS) is 16.5. The van der Waals surface area contributed by atoms with E-state index >= 15 is 0 Å². The van der Waals surface area contributed by atoms with Crippen LogP contribution in [0.1, 0.15) is 384 Å². The molecule has 3 aromatic rings. The number of amides is 3. The van der Waals surface area contributed by atoms with Crippen molar-refractivity contribution in [2.45, 2.75) is 425 Å². The van der Waals surface area contributed by atoms with Gasteiger partial charge in [0.1, 0.15) is 11.6 Å². The van der Waals surface area contributed by atoms with E-state index in [9.17, 15) is 33.6 Å². The Balaban J connectivity index is 0. The lowest BCUT2D eigenvalue weighted by Crippen LogP contribution is -2.51. The van der Waals surface area contributed by atoms with Gasteiger partial charge in [-0.1, -0.05) is 261 Å². The molecule has 8 N–H and O–H groups in total. The summed E-state index contributed by atoms with van der Waals surface area (Å²) in [7, 11) is 0. The van der Waals surface area contributed by atoms with Crippen molar-refractivity contribution in [2.75, 3.05) is 13.1 Å². The summed E-state index contributed by atoms with van der Waals surface area (Å²) in [4.78, 5) is 87.4. The molecule has 2 heterocycles. The number of benzene rings is 1. The number of carbonyl (C=O) groups excluding carboxylic acids is 7. The number of rotatable bonds is 27. The Kier molecular flexibility index (Phi) is 45.5. The molecule has 4 rings (SSSR count). The largest absolute Gasteiger partial charge is 0.352 e. The van der Waals surface area contributed by atoms with Crippen LogP contribution in [0.15, 0.2) is 42.7 Å². The summed E-state index contributed by atoms with van der Waals surface area (Å²) in [5.74, 6) is 2.31. The van der Waals surface area contributed by atoms with Crippen molar-refractivity contribution < 1.29 is 33.6 Å². The molecule has 0 spiro atoms. The monoisotopic (exact) mass is 1610 g/mol. The van der Waals surface area contributed by atoms with Crippen molar-refractivity contribution >= 4 is 40.9 Å². The number of hydrogen-bond acceptors (Lipinski definition) is 14. The summed E-state index contributed by atoms with van der Waals surface area (Å²) in [6, 6.07) is 8.42. The van der Waals surface area contributed by atoms with Crippen molar-refractivity contribution in [1.82, 2.24) is 51.3 Å². The fourth-order valence-electron chi connectivity index (χ4n) is 13.7. The van der Waals surface area contributed by atoms with Gasteiger partial charge in [0.2, 0.25) is 5.91 Å². The lowest BCUT2D eigenvalue weighted by Gasteiger charge is -2.38. The molecule has 1 aliphatic carbocycles. The van der Waals surface area contributed by atoms with Gasteiger partial charge < -0.3 is 32.7 Å². The number of urea groups is 1. The standard InChI is InChI=1S/C24H40N2O2.C20H39N3O3.C17H33NO2.C15H30.2C10H19N3/c1-23(2,3)22(28)19(14-10-11-15-25)17-21(27)20(26-24(4,5)6)16-18-12-8-7-9-13-18;1-13(2)14(12-19(3,4)5)17(25)23-15(16(24)20(6,7)8)10-9-11-22-18(21)26;1-11(2)14(18-17(7,8)9)13(19)10-12(3)15(20)16(4,5)6;1-14(2,3)11-12-7-9-13(10-8-12)15(4,5)6;2*1-9(2,3)8-7-13(12-11-8)10(4,5)6/h7-9,12-13,19-20,26H,10-11,14-17,25H2,1-6H3;13-15H,9-12H2,1-8H3,(H,23,25)(H3,21,22,26);11-12,14,18H,10H2,1-9H3;12-13H,7-11H2,1-6H3;2*7H,1-6H3. The Hall–Kier alpha value is -5.53. The van der Waals surface area contributed by atoms with E-state index in [1.54, 1.807) is 0 Å². The number of nitrogens with one attached hydrogen (secondary N) is 4. The van der Waals surface area contributed by atoms with E-state index in [4.69, 9.17) is 11.5 Å². The summed E-state index contributed by atoms with van der Waals surface area (Å²) in [6.45, 7) is 86.7. The minimum absolute atomic E-state index is 0.00295. The predicted octanol–water partition coefficient (Wildman–Crippen LogP) is 21.1. The highest BCUT2D eigenvalue weighted by molar-refractivity contribution is 5.94. The van der Waals surface area contributed by atoms with Crippen LogP contribution < -0.4 is 32.7 Å². The second-order valence-electron chi connectivity index (χ2n) is 46.7. The summed E-state index contributed by atoms with van der Waals surface area (Å²) in [5.41, 5.74) is 13.5. The van der Waals surface area contributed by atoms with Gasteiger partial charge in [0.15, 0.2) is 17.3 Å². The molecular formula is C96H180N12O7. The number of hydrogen-bond donors (Lipinski definition) is 6. The number of Topliss-reactive ketones (excluding diaryl/α,β-unsaturated/α-hetero) is 5. The third kappa shape index (κ3) is 49.0. The Morgan fingerprint density at radius 3 is 1.27 bits per heavy atom. The quantitative estimate of drug-likeness (QED) is 0.0387. The summed E-state index contributed by atoms with van der Waals surface area (Å²) >= 11 is 0. The molecule has 1 aromatic carbocycles. The van der Waals surface area contributed by atoms with Gasteiger partial charge in [0.05, 0.1) is 40.6 Å². The van der Waals surface area contributed by atoms with Gasteiger partial charge in [-0.3, -0.25) is 28.8 Å². The first-order valence-electron chi connectivity index (χ1n) is 43.6. The van der Waals surface area contributed by atoms with E-state index in [0.717, 1.165) is 54.5 Å². The maximum Gasteiger partial charge on any atom is 0.312 e. The van der Waals surface area contributed by atoms with E-state index in [1.165, 1.54) is 32.1 Å². The van der Waals surface area contributed by atoms with E-state index in [2.05, 4.69) is 229 Å². The van der Waals surface area contributed by atoms with Gasteiger partial charge in [0.25, 0.3) is 0 Å². The molecule has 1 fully saturated rings. The van der Waals surface area contributed by atoms with Gasteiger partial charge in [0, 0.05) is 87.7 Å². The fraction of sp³-hybridized carbons (Fsp3) is 0.823. The summed E-state index contributed by atoms with van der Waals surface area (Å²) in [5, 5.41) is 28.9. The highest BCUT2D eigenvalue weighted by Gasteiger charge is 2.38. The van der Waals surface area contributed by atoms with Gasteiger partial charge in [-0.2, -0.15) is 0 Å². The molecule has 1 saturated carbocycles. The number of primary amides is 1. The number of carbonyl (C=O) groups is 7. The van der Waals surface area contributed by atoms with Crippen molar-refractivity contribution in [3.05, 3.63) is 59.7 Å². The van der Waals surface area contributed by atoms with Gasteiger partial charge in [-0.25, -0.2) is 14.2 Å². The van der Waals surface area contributed by atoms with E-state index in [0.29, 0.717) is 56.0 Å². The molecule has 115 heavy (non-hydrogen) atoms. The minimum atomic E-state index is -0.585. The molecule has 19 nitrogen and oxygen atoms in total. The Morgan fingerprint density at radius 2 is 0.939 bits per heavy atom. The molecule has 0 aliphatic heterocycles. The molecule has 0 bridgehead atoms. The van der Waals surface area contributed by atoms with Crippen LogP contribution in [0.2, 0.25) is 0 Å². The molecule has 0 saturated heterocycles. The first-order chi connectivity index (χ1) is 51.4. The molecule has 666 valence electrons. The lowest BCUT2D eigenvalue weighted by atomic mass is 9.67. The molecule has 3 amide bonds. The molecule has 6 atom stereocenters. The van der Waals surface area contributed by atoms with E-state index < -0.39 is 22.9 Å². The van der Waals surface area contributed by atoms with Crippen LogP contribution in [0.3, 0.4) is 0 Å². The Morgan fingerprint density at radius 1 is 0.496 bits per heavy atom. The van der Waals surface area contributed by atoms with Crippen LogP contribution in [0.25, 0.3) is 0 Å². The number of ketones is 5. The predicted molar refractivity (Wildman–Crippen MR) is 484 cm³/mol. The van der Waals surface area contributed by atoms with Crippen LogP contribution in [-0.2, 0) is 57.1 Å². The number of unbranched alkanes of at least 4 members (excludes halogenated alkanes) is 1. The smallest absolute Gasteiger partial charge is 0.312 e. The van der Waals surface area contributed by atoms with Crippen molar-refractivity contribution in [1.29, 1.82) is 0 Å². The third-order valence-electron chi connectivity index (χ3n) is 20.3. The SMILES string of the molecule is CC(C)(C)CC1CCC(C(C)(C)C)CC1.CC(C)(C)NC(Cc1ccccc1)C(=O)CC(CCCCN)C(=O)C(C)(C)C.CC(C)(C)c1cn(C(C)(C)C)nn1.CC(C)(C)c1cn(C(C)(C)C)nn1.CC(C)C(CC(C)(C)C)C(=O)NC(CCCNC(N)=O)C(=O)C(C)(C)C.CC(CC(=O)C(NC(C)(C)C)C(C)C)C(=O)C(C)(C)C. The maximum absolute atomic E-state index is 13.3. The molecule has 19 heteroatoms. The van der Waals surface area contributed by atoms with Gasteiger partial charge >= 0.3 is 6.03 Å². The number of aromatic nitrogens is 6. The van der Waals surface area contributed by atoms with Gasteiger partial charge in [-0.05, 0) is 193 Å². The van der Waals surface area contributed by atoms with Crippen molar-refractivity contribution in [2.24, 2.45) is 85.4 Å². The highest BCUT2D eigenvalue weighted by atomic mass is 16.2. The van der Waals surface area contributed by atoms with Gasteiger partial charge in [-0.15, -0.1) is 10.2 Å². The van der Waals surface area contributed by atoms with Crippen LogP contribution >= 0.6 is 0 Å². The summed E-state index contributed by atoms with van der Waals surface area (Å²) < 4.78 is 3.82. The van der Waals surface area contributed by atoms with E-state index in [1.807, 2.05) is 149 Å². The average Bonchev–Trinajstić information content (AvgIpc) is 1.58. The zero-order valence-corrected chi connectivity index (χ0v) is 81.8. The lowest BCUT2D eigenvalue weighted by molar-refractivity contribution is -0.135. The fourth-order valence-corrected chi connectivity index (χ4v) is 13.7.